The number of halogens is 2. The van der Waals surface area contributed by atoms with Gasteiger partial charge in [-0.1, -0.05) is 46.7 Å². The summed E-state index contributed by atoms with van der Waals surface area (Å²) in [6.45, 7) is 7.49. The zero-order valence-electron chi connectivity index (χ0n) is 21.0. The molecule has 7 nitrogen and oxygen atoms in total. The number of rotatable bonds is 7. The minimum atomic E-state index is -0.778. The molecule has 10 heteroatoms. The summed E-state index contributed by atoms with van der Waals surface area (Å²) < 4.78 is 18.7. The molecule has 2 aromatic carbocycles. The van der Waals surface area contributed by atoms with Gasteiger partial charge in [0.15, 0.2) is 16.3 Å². The van der Waals surface area contributed by atoms with Gasteiger partial charge in [0.25, 0.3) is 5.56 Å². The Kier molecular flexibility index (Phi) is 8.11. The zero-order valence-corrected chi connectivity index (χ0v) is 23.3. The van der Waals surface area contributed by atoms with Crippen molar-refractivity contribution < 1.29 is 19.0 Å². The van der Waals surface area contributed by atoms with Gasteiger partial charge >= 0.3 is 5.97 Å². The van der Waals surface area contributed by atoms with Gasteiger partial charge in [-0.15, -0.1) is 0 Å². The Labute approximate surface area is 228 Å². The molecule has 0 aliphatic carbocycles. The first-order valence-corrected chi connectivity index (χ1v) is 13.2. The molecule has 4 rings (SSSR count). The van der Waals surface area contributed by atoms with Crippen molar-refractivity contribution >= 4 is 46.6 Å². The molecule has 0 fully saturated rings. The Balaban J connectivity index is 1.95. The minimum absolute atomic E-state index is 0.0608. The Hall–Kier alpha value is -3.07. The Morgan fingerprint density at radius 3 is 2.59 bits per heavy atom. The van der Waals surface area contributed by atoms with Crippen LogP contribution in [0.15, 0.2) is 57.5 Å². The van der Waals surface area contributed by atoms with Gasteiger partial charge in [-0.25, -0.2) is 9.79 Å². The summed E-state index contributed by atoms with van der Waals surface area (Å²) in [5, 5.41) is 0.918. The lowest BCUT2D eigenvalue weighted by Gasteiger charge is -2.25. The molecular formula is C27H26Cl2N2O5S. The number of fused-ring (bicyclic) bond motifs is 1. The molecule has 0 radical (unpaired) electrons. The first kappa shape index (κ1) is 27.0. The highest BCUT2D eigenvalue weighted by Crippen LogP contribution is 2.36. The number of hydrogen-bond acceptors (Lipinski definition) is 7. The van der Waals surface area contributed by atoms with E-state index in [4.69, 9.17) is 37.4 Å². The maximum atomic E-state index is 13.8. The molecule has 0 N–H and O–H groups in total. The molecule has 0 saturated heterocycles. The van der Waals surface area contributed by atoms with Crippen LogP contribution in [-0.2, 0) is 9.53 Å². The molecule has 3 aromatic rings. The normalized spacial score (nSPS) is 15.5. The molecule has 1 aliphatic heterocycles. The van der Waals surface area contributed by atoms with Crippen molar-refractivity contribution in [3.05, 3.63) is 88.5 Å². The molecule has 0 saturated carbocycles. The lowest BCUT2D eigenvalue weighted by molar-refractivity contribution is -0.139. The summed E-state index contributed by atoms with van der Waals surface area (Å²) in [5.41, 5.74) is 1.75. The third kappa shape index (κ3) is 5.46. The standard InChI is InChI=1S/C27H26Cl2N2O5S/c1-6-35-26(33)23-15(4)30-27-31(24(23)17-8-10-20(36-14(2)3)21(11-17)34-5)25(32)22(37-27)12-16-7-9-18(28)13-19(16)29/h7-14,24H,6H2,1-5H3/b22-12-/t24-/m0/s1. The number of thiazole rings is 1. The van der Waals surface area contributed by atoms with Gasteiger partial charge in [-0.05, 0) is 69.2 Å². The van der Waals surface area contributed by atoms with Crippen molar-refractivity contribution in [1.29, 1.82) is 0 Å². The molecule has 1 atom stereocenters. The van der Waals surface area contributed by atoms with E-state index in [1.54, 1.807) is 57.4 Å². The third-order valence-corrected chi connectivity index (χ3v) is 7.18. The van der Waals surface area contributed by atoms with Crippen LogP contribution in [0.4, 0.5) is 0 Å². The van der Waals surface area contributed by atoms with E-state index in [0.29, 0.717) is 47.7 Å². The average Bonchev–Trinajstić information content (AvgIpc) is 3.14. The topological polar surface area (TPSA) is 79.1 Å². The second-order valence-corrected chi connectivity index (χ2v) is 10.4. The second-order valence-electron chi connectivity index (χ2n) is 8.55. The van der Waals surface area contributed by atoms with E-state index in [1.807, 2.05) is 19.9 Å². The number of esters is 1. The Morgan fingerprint density at radius 2 is 1.95 bits per heavy atom. The van der Waals surface area contributed by atoms with Crippen molar-refractivity contribution in [3.63, 3.8) is 0 Å². The quantitative estimate of drug-likeness (QED) is 0.384. The minimum Gasteiger partial charge on any atom is -0.493 e. The van der Waals surface area contributed by atoms with Crippen molar-refractivity contribution in [1.82, 2.24) is 4.57 Å². The number of ether oxygens (including phenoxy) is 3. The molecule has 37 heavy (non-hydrogen) atoms. The Morgan fingerprint density at radius 1 is 1.19 bits per heavy atom. The summed E-state index contributed by atoms with van der Waals surface area (Å²) in [6, 6.07) is 9.65. The third-order valence-electron chi connectivity index (χ3n) is 5.63. The maximum Gasteiger partial charge on any atom is 0.338 e. The van der Waals surface area contributed by atoms with Crippen LogP contribution in [-0.4, -0.2) is 30.4 Å². The number of methoxy groups -OCH3 is 1. The summed E-state index contributed by atoms with van der Waals surface area (Å²) in [6.07, 6.45) is 1.64. The van der Waals surface area contributed by atoms with Crippen LogP contribution >= 0.6 is 34.5 Å². The van der Waals surface area contributed by atoms with Gasteiger partial charge in [-0.2, -0.15) is 0 Å². The number of carbonyl (C=O) groups is 1. The van der Waals surface area contributed by atoms with Crippen molar-refractivity contribution in [3.8, 4) is 11.5 Å². The molecular weight excluding hydrogens is 535 g/mol. The highest BCUT2D eigenvalue weighted by Gasteiger charge is 2.34. The van der Waals surface area contributed by atoms with E-state index in [1.165, 1.54) is 15.9 Å². The van der Waals surface area contributed by atoms with E-state index in [-0.39, 0.29) is 23.8 Å². The number of aromatic nitrogens is 1. The van der Waals surface area contributed by atoms with Crippen LogP contribution in [0, 0.1) is 0 Å². The molecule has 0 unspecified atom stereocenters. The second kappa shape index (κ2) is 11.1. The van der Waals surface area contributed by atoms with Gasteiger partial charge in [-0.3, -0.25) is 9.36 Å². The fraction of sp³-hybridized carbons (Fsp3) is 0.296. The van der Waals surface area contributed by atoms with Crippen LogP contribution in [0.1, 0.15) is 44.9 Å². The van der Waals surface area contributed by atoms with Gasteiger partial charge in [0.05, 0.1) is 41.7 Å². The number of carbonyl (C=O) groups excluding carboxylic acids is 1. The first-order valence-electron chi connectivity index (χ1n) is 11.6. The van der Waals surface area contributed by atoms with Gasteiger partial charge in [0, 0.05) is 10.0 Å². The van der Waals surface area contributed by atoms with Crippen molar-refractivity contribution in [2.24, 2.45) is 4.99 Å². The molecule has 194 valence electrons. The van der Waals surface area contributed by atoms with Crippen LogP contribution < -0.4 is 24.4 Å². The van der Waals surface area contributed by atoms with E-state index in [0.717, 1.165) is 0 Å². The fourth-order valence-electron chi connectivity index (χ4n) is 4.07. The number of nitrogens with zero attached hydrogens (tertiary/aromatic N) is 2. The summed E-state index contributed by atoms with van der Waals surface area (Å²) in [5.74, 6) is 0.508. The van der Waals surface area contributed by atoms with Crippen LogP contribution in [0.5, 0.6) is 11.5 Å². The average molecular weight is 561 g/mol. The van der Waals surface area contributed by atoms with Gasteiger partial charge < -0.3 is 14.2 Å². The van der Waals surface area contributed by atoms with Crippen molar-refractivity contribution in [2.45, 2.75) is 39.8 Å². The highest BCUT2D eigenvalue weighted by molar-refractivity contribution is 7.07. The number of benzene rings is 2. The highest BCUT2D eigenvalue weighted by atomic mass is 35.5. The Bertz CT molecular complexity index is 1570. The monoisotopic (exact) mass is 560 g/mol. The number of allylic oxidation sites excluding steroid dienone is 1. The van der Waals surface area contributed by atoms with Crippen LogP contribution in [0.2, 0.25) is 10.0 Å². The van der Waals surface area contributed by atoms with E-state index >= 15 is 0 Å². The fourth-order valence-corrected chi connectivity index (χ4v) is 5.57. The predicted octanol–water partition coefficient (Wildman–Crippen LogP) is 4.90. The van der Waals surface area contributed by atoms with Gasteiger partial charge in [0.2, 0.25) is 0 Å². The number of hydrogen-bond donors (Lipinski definition) is 0. The lowest BCUT2D eigenvalue weighted by Crippen LogP contribution is -2.40. The molecule has 0 bridgehead atoms. The summed E-state index contributed by atoms with van der Waals surface area (Å²) in [4.78, 5) is 31.9. The molecule has 0 amide bonds. The molecule has 2 heterocycles. The van der Waals surface area contributed by atoms with E-state index < -0.39 is 12.0 Å². The SMILES string of the molecule is CCOC(=O)C1=C(C)N=c2s/c(=C\c3ccc(Cl)cc3Cl)c(=O)n2[C@H]1c1ccc(OC(C)C)c(OC)c1. The molecule has 1 aliphatic rings. The zero-order chi connectivity index (χ0) is 26.9. The van der Waals surface area contributed by atoms with E-state index in [9.17, 15) is 9.59 Å². The maximum absolute atomic E-state index is 13.8. The smallest absolute Gasteiger partial charge is 0.338 e. The largest absolute Gasteiger partial charge is 0.493 e. The first-order chi connectivity index (χ1) is 17.6. The van der Waals surface area contributed by atoms with Crippen molar-refractivity contribution in [2.75, 3.05) is 13.7 Å². The van der Waals surface area contributed by atoms with Crippen LogP contribution in [0.25, 0.3) is 6.08 Å². The lowest BCUT2D eigenvalue weighted by atomic mass is 9.95. The van der Waals surface area contributed by atoms with Crippen LogP contribution in [0.3, 0.4) is 0 Å². The predicted molar refractivity (Wildman–Crippen MR) is 146 cm³/mol. The molecule has 0 spiro atoms. The van der Waals surface area contributed by atoms with Gasteiger partial charge in [0.1, 0.15) is 0 Å². The van der Waals surface area contributed by atoms with E-state index in [2.05, 4.69) is 4.99 Å². The summed E-state index contributed by atoms with van der Waals surface area (Å²) >= 11 is 13.6. The summed E-state index contributed by atoms with van der Waals surface area (Å²) in [7, 11) is 1.54. The molecule has 1 aromatic heterocycles.